The van der Waals surface area contributed by atoms with Crippen LogP contribution in [-0.4, -0.2) is 38.2 Å². The second-order valence-electron chi connectivity index (χ2n) is 6.89. The van der Waals surface area contributed by atoms with E-state index in [-0.39, 0.29) is 0 Å². The van der Waals surface area contributed by atoms with Gasteiger partial charge in [0.25, 0.3) is 0 Å². The van der Waals surface area contributed by atoms with Crippen LogP contribution < -0.4 is 0 Å². The molecule has 0 bridgehead atoms. The molecule has 0 atom stereocenters. The maximum Gasteiger partial charge on any atom is 0.513 e. The molecule has 0 aromatic heterocycles. The summed E-state index contributed by atoms with van der Waals surface area (Å²) in [5.41, 5.74) is 0. The summed E-state index contributed by atoms with van der Waals surface area (Å²) in [6.07, 6.45) is 3.48. The lowest BCUT2D eigenvalue weighted by atomic mass is 10.4. The average molecular weight is 393 g/mol. The molecule has 0 aliphatic heterocycles. The average Bonchev–Trinajstić information content (AvgIpc) is 2.35. The van der Waals surface area contributed by atoms with Crippen molar-refractivity contribution >= 4 is 31.6 Å². The molecule has 0 spiro atoms. The molecule has 0 aliphatic carbocycles. The van der Waals surface area contributed by atoms with Gasteiger partial charge in [-0.1, -0.05) is 19.6 Å². The highest BCUT2D eigenvalue weighted by molar-refractivity contribution is 6.86. The van der Waals surface area contributed by atoms with Crippen molar-refractivity contribution in [2.24, 2.45) is 0 Å². The molecule has 140 valence electrons. The molecule has 0 N–H and O–H groups in total. The summed E-state index contributed by atoms with van der Waals surface area (Å²) >= 11 is 0. The molecular weight excluding hydrogens is 360 g/mol. The van der Waals surface area contributed by atoms with E-state index in [1.165, 1.54) is 6.26 Å². The second kappa shape index (κ2) is 10.2. The lowest BCUT2D eigenvalue weighted by molar-refractivity contribution is 0.0838. The predicted molar refractivity (Wildman–Crippen MR) is 103 cm³/mol. The number of rotatable bonds is 12. The first-order valence-corrected chi connectivity index (χ1v) is 16.8. The third-order valence-electron chi connectivity index (χ3n) is 2.95. The Morgan fingerprint density at radius 3 is 2.08 bits per heavy atom. The van der Waals surface area contributed by atoms with Gasteiger partial charge in [0.2, 0.25) is 0 Å². The molecule has 0 aromatic carbocycles. The predicted octanol–water partition coefficient (Wildman–Crippen LogP) is 4.87. The van der Waals surface area contributed by atoms with Crippen molar-refractivity contribution in [2.75, 3.05) is 6.61 Å². The molecule has 24 heavy (non-hydrogen) atoms. The largest absolute Gasteiger partial charge is 0.528 e. The van der Waals surface area contributed by atoms with Crippen LogP contribution in [0, 0.1) is 0 Å². The molecule has 0 saturated carbocycles. The molecule has 0 unspecified atom stereocenters. The quantitative estimate of drug-likeness (QED) is 0.204. The van der Waals surface area contributed by atoms with Crippen molar-refractivity contribution in [3.8, 4) is 0 Å². The standard InChI is InChI=1S/C15H32O6Si3/c1-9-17-15(16)18-13-11-12-14-22(3,4)20-24(7,8)21-23(5,6)19-10-2/h9-10H,1-2,11-14H2,3-8H3. The minimum absolute atomic E-state index is 0.335. The maximum absolute atomic E-state index is 11.0. The fourth-order valence-electron chi connectivity index (χ4n) is 2.46. The highest BCUT2D eigenvalue weighted by Gasteiger charge is 2.40. The zero-order valence-electron chi connectivity index (χ0n) is 15.8. The third kappa shape index (κ3) is 11.6. The first kappa shape index (κ1) is 23.1. The van der Waals surface area contributed by atoms with E-state index in [1.54, 1.807) is 0 Å². The number of carbonyl (C=O) groups is 1. The van der Waals surface area contributed by atoms with Crippen LogP contribution in [-0.2, 0) is 22.1 Å². The van der Waals surface area contributed by atoms with Gasteiger partial charge in [0.15, 0.2) is 8.32 Å². The van der Waals surface area contributed by atoms with Gasteiger partial charge in [-0.2, -0.15) is 0 Å². The van der Waals surface area contributed by atoms with Crippen molar-refractivity contribution in [2.45, 2.75) is 58.2 Å². The Kier molecular flexibility index (Phi) is 9.82. The van der Waals surface area contributed by atoms with E-state index >= 15 is 0 Å². The van der Waals surface area contributed by atoms with Gasteiger partial charge in [0.1, 0.15) is 0 Å². The minimum atomic E-state index is -2.27. The Hall–Kier alpha value is -0.879. The van der Waals surface area contributed by atoms with Crippen LogP contribution in [0.3, 0.4) is 0 Å². The van der Waals surface area contributed by atoms with Gasteiger partial charge in [-0.25, -0.2) is 4.79 Å². The molecule has 0 aromatic rings. The van der Waals surface area contributed by atoms with E-state index < -0.39 is 31.6 Å². The van der Waals surface area contributed by atoms with Crippen LogP contribution in [0.4, 0.5) is 4.79 Å². The molecule has 6 nitrogen and oxygen atoms in total. The number of ether oxygens (including phenoxy) is 2. The van der Waals surface area contributed by atoms with Gasteiger partial charge in [0.05, 0.1) is 19.1 Å². The van der Waals surface area contributed by atoms with E-state index in [0.29, 0.717) is 6.61 Å². The molecular formula is C15H32O6Si3. The lowest BCUT2D eigenvalue weighted by Crippen LogP contribution is -2.53. The van der Waals surface area contributed by atoms with Crippen LogP contribution in [0.25, 0.3) is 0 Å². The first-order chi connectivity index (χ1) is 10.9. The summed E-state index contributed by atoms with van der Waals surface area (Å²) in [7, 11) is -6.38. The topological polar surface area (TPSA) is 63.2 Å². The van der Waals surface area contributed by atoms with Crippen molar-refractivity contribution < 1.29 is 26.9 Å². The summed E-state index contributed by atoms with van der Waals surface area (Å²) in [5.74, 6) is 0. The summed E-state index contributed by atoms with van der Waals surface area (Å²) in [6.45, 7) is 19.7. The zero-order chi connectivity index (χ0) is 18.9. The fraction of sp³-hybridized carbons (Fsp3) is 0.667. The van der Waals surface area contributed by atoms with Gasteiger partial charge in [0, 0.05) is 0 Å². The lowest BCUT2D eigenvalue weighted by Gasteiger charge is -2.37. The van der Waals surface area contributed by atoms with Crippen molar-refractivity contribution in [1.29, 1.82) is 0 Å². The van der Waals surface area contributed by atoms with Gasteiger partial charge in [-0.3, -0.25) is 0 Å². The smallest absolute Gasteiger partial charge is 0.513 e. The normalized spacial score (nSPS) is 12.4. The molecule has 9 heteroatoms. The summed E-state index contributed by atoms with van der Waals surface area (Å²) in [5, 5.41) is 0. The zero-order valence-corrected chi connectivity index (χ0v) is 18.8. The van der Waals surface area contributed by atoms with Crippen LogP contribution >= 0.6 is 0 Å². The van der Waals surface area contributed by atoms with Gasteiger partial charge in [-0.05, 0) is 51.7 Å². The van der Waals surface area contributed by atoms with Crippen molar-refractivity contribution in [3.63, 3.8) is 0 Å². The van der Waals surface area contributed by atoms with E-state index in [4.69, 9.17) is 17.4 Å². The van der Waals surface area contributed by atoms with Gasteiger partial charge < -0.3 is 22.1 Å². The molecule has 0 amide bonds. The SMILES string of the molecule is C=COC(=O)OCCCC[Si](C)(C)O[Si](C)(C)O[Si](C)(C)OC=C. The monoisotopic (exact) mass is 392 g/mol. The van der Waals surface area contributed by atoms with Crippen molar-refractivity contribution in [1.82, 2.24) is 0 Å². The van der Waals surface area contributed by atoms with Gasteiger partial charge in [-0.15, -0.1) is 0 Å². The molecule has 0 radical (unpaired) electrons. The number of unbranched alkanes of at least 4 members (excludes halogenated alkanes) is 1. The Labute approximate surface area is 149 Å². The van der Waals surface area contributed by atoms with Gasteiger partial charge >= 0.3 is 23.3 Å². The second-order valence-corrected chi connectivity index (χ2v) is 18.4. The molecule has 0 heterocycles. The maximum atomic E-state index is 11.0. The number of hydrogen-bond donors (Lipinski definition) is 0. The third-order valence-corrected chi connectivity index (χ3v) is 13.4. The minimum Gasteiger partial charge on any atom is -0.528 e. The first-order valence-electron chi connectivity index (χ1n) is 8.06. The Morgan fingerprint density at radius 1 is 0.917 bits per heavy atom. The number of hydrogen-bond acceptors (Lipinski definition) is 6. The van der Waals surface area contributed by atoms with Crippen LogP contribution in [0.5, 0.6) is 0 Å². The molecule has 0 aliphatic rings. The molecule has 0 rings (SSSR count). The highest BCUT2D eigenvalue weighted by atomic mass is 28.5. The van der Waals surface area contributed by atoms with Crippen LogP contribution in [0.15, 0.2) is 25.7 Å². The Balaban J connectivity index is 4.25. The highest BCUT2D eigenvalue weighted by Crippen LogP contribution is 2.24. The van der Waals surface area contributed by atoms with Crippen LogP contribution in [0.1, 0.15) is 12.8 Å². The van der Waals surface area contributed by atoms with E-state index in [2.05, 4.69) is 44.1 Å². The summed E-state index contributed by atoms with van der Waals surface area (Å²) < 4.78 is 27.5. The summed E-state index contributed by atoms with van der Waals surface area (Å²) in [6, 6.07) is 0.969. The van der Waals surface area contributed by atoms with E-state index in [9.17, 15) is 4.79 Å². The molecule has 0 saturated heterocycles. The summed E-state index contributed by atoms with van der Waals surface area (Å²) in [4.78, 5) is 11.0. The fourth-order valence-corrected chi connectivity index (χ4v) is 15.2. The van der Waals surface area contributed by atoms with E-state index in [0.717, 1.165) is 25.1 Å². The molecule has 0 fully saturated rings. The van der Waals surface area contributed by atoms with Crippen molar-refractivity contribution in [3.05, 3.63) is 25.7 Å². The Bertz CT molecular complexity index is 423. The van der Waals surface area contributed by atoms with Crippen LogP contribution in [0.2, 0.25) is 45.3 Å². The Morgan fingerprint density at radius 2 is 1.54 bits per heavy atom. The number of carbonyl (C=O) groups excluding carboxylic acids is 1. The van der Waals surface area contributed by atoms with E-state index in [1.807, 2.05) is 13.1 Å².